The highest BCUT2D eigenvalue weighted by molar-refractivity contribution is 7.09. The second-order valence-corrected chi connectivity index (χ2v) is 6.84. The molecule has 0 aromatic carbocycles. The van der Waals surface area contributed by atoms with Crippen LogP contribution in [0.5, 0.6) is 0 Å². The molecule has 1 fully saturated rings. The van der Waals surface area contributed by atoms with Crippen molar-refractivity contribution < 1.29 is 5.11 Å². The topological polar surface area (TPSA) is 39.6 Å². The molecular weight excluding hydrogens is 294 g/mol. The Balaban J connectivity index is 1.60. The lowest BCUT2D eigenvalue weighted by molar-refractivity contribution is 0.0506. The number of pyridine rings is 1. The van der Waals surface area contributed by atoms with Crippen LogP contribution in [-0.2, 0) is 13.1 Å². The number of thiophene rings is 1. The highest BCUT2D eigenvalue weighted by Crippen LogP contribution is 2.20. The molecule has 4 nitrogen and oxygen atoms in total. The van der Waals surface area contributed by atoms with Crippen molar-refractivity contribution in [2.75, 3.05) is 26.2 Å². The molecular formula is C17H23N3OS. The fraction of sp³-hybridized carbons (Fsp3) is 0.471. The second kappa shape index (κ2) is 7.83. The summed E-state index contributed by atoms with van der Waals surface area (Å²) < 4.78 is 0. The average molecular weight is 317 g/mol. The first kappa shape index (κ1) is 15.6. The highest BCUT2D eigenvalue weighted by atomic mass is 32.1. The van der Waals surface area contributed by atoms with Crippen molar-refractivity contribution in [3.63, 3.8) is 0 Å². The molecule has 3 rings (SSSR count). The van der Waals surface area contributed by atoms with E-state index in [1.54, 1.807) is 0 Å². The quantitative estimate of drug-likeness (QED) is 0.887. The van der Waals surface area contributed by atoms with Gasteiger partial charge in [0.25, 0.3) is 0 Å². The molecule has 1 aliphatic heterocycles. The number of hydrogen-bond donors (Lipinski definition) is 1. The summed E-state index contributed by atoms with van der Waals surface area (Å²) >= 11 is 1.81. The number of rotatable bonds is 6. The van der Waals surface area contributed by atoms with Gasteiger partial charge >= 0.3 is 0 Å². The summed E-state index contributed by atoms with van der Waals surface area (Å²) in [5.41, 5.74) is 1.26. The monoisotopic (exact) mass is 317 g/mol. The van der Waals surface area contributed by atoms with Crippen LogP contribution in [-0.4, -0.2) is 52.2 Å². The summed E-state index contributed by atoms with van der Waals surface area (Å²) in [7, 11) is 0. The van der Waals surface area contributed by atoms with Crippen molar-refractivity contribution in [2.24, 2.45) is 0 Å². The number of aliphatic hydroxyl groups is 1. The SMILES string of the molecule is OCC[C@@H]1CN(Cc2cccnc2)CCN1Cc1cccs1. The zero-order chi connectivity index (χ0) is 15.2. The van der Waals surface area contributed by atoms with Gasteiger partial charge in [-0.3, -0.25) is 14.8 Å². The maximum Gasteiger partial charge on any atom is 0.0446 e. The Morgan fingerprint density at radius 2 is 2.18 bits per heavy atom. The molecule has 0 aliphatic carbocycles. The number of piperazine rings is 1. The van der Waals surface area contributed by atoms with Crippen molar-refractivity contribution in [1.82, 2.24) is 14.8 Å². The van der Waals surface area contributed by atoms with E-state index in [9.17, 15) is 5.11 Å². The predicted molar refractivity (Wildman–Crippen MR) is 89.7 cm³/mol. The average Bonchev–Trinajstić information content (AvgIpc) is 3.04. The minimum absolute atomic E-state index is 0.256. The molecule has 1 aliphatic rings. The van der Waals surface area contributed by atoms with Gasteiger partial charge in [0.1, 0.15) is 0 Å². The second-order valence-electron chi connectivity index (χ2n) is 5.81. The van der Waals surface area contributed by atoms with Gasteiger partial charge in [0.05, 0.1) is 0 Å². The van der Waals surface area contributed by atoms with Crippen LogP contribution in [0.2, 0.25) is 0 Å². The Bertz CT molecular complexity index is 546. The lowest BCUT2D eigenvalue weighted by Gasteiger charge is -2.41. The van der Waals surface area contributed by atoms with Gasteiger partial charge in [-0.05, 0) is 29.5 Å². The summed E-state index contributed by atoms with van der Waals surface area (Å²) in [6.45, 7) is 5.35. The lowest BCUT2D eigenvalue weighted by Crippen LogP contribution is -2.52. The number of aromatic nitrogens is 1. The summed E-state index contributed by atoms with van der Waals surface area (Å²) in [6.07, 6.45) is 4.60. The Hall–Kier alpha value is -1.27. The lowest BCUT2D eigenvalue weighted by atomic mass is 10.1. The van der Waals surface area contributed by atoms with Gasteiger partial charge in [-0.15, -0.1) is 11.3 Å². The number of aliphatic hydroxyl groups excluding tert-OH is 1. The Kier molecular flexibility index (Phi) is 5.56. The third-order valence-corrected chi connectivity index (χ3v) is 5.08. The highest BCUT2D eigenvalue weighted by Gasteiger charge is 2.26. The van der Waals surface area contributed by atoms with E-state index in [2.05, 4.69) is 38.4 Å². The molecule has 118 valence electrons. The molecule has 0 radical (unpaired) electrons. The smallest absolute Gasteiger partial charge is 0.0446 e. The predicted octanol–water partition coefficient (Wildman–Crippen LogP) is 2.21. The molecule has 2 aromatic heterocycles. The van der Waals surface area contributed by atoms with Gasteiger partial charge in [0.15, 0.2) is 0 Å². The standard InChI is InChI=1S/C17H23N3OS/c21-9-5-16-13-19(12-15-3-1-6-18-11-15)7-8-20(16)14-17-4-2-10-22-17/h1-4,6,10-11,16,21H,5,7-9,12-14H2/t16-/m1/s1. The molecule has 1 N–H and O–H groups in total. The molecule has 3 heterocycles. The zero-order valence-electron chi connectivity index (χ0n) is 12.8. The van der Waals surface area contributed by atoms with Crippen molar-refractivity contribution in [1.29, 1.82) is 0 Å². The van der Waals surface area contributed by atoms with Crippen molar-refractivity contribution in [2.45, 2.75) is 25.6 Å². The minimum atomic E-state index is 0.256. The van der Waals surface area contributed by atoms with E-state index in [4.69, 9.17) is 0 Å². The largest absolute Gasteiger partial charge is 0.396 e. The Labute approximate surface area is 136 Å². The van der Waals surface area contributed by atoms with E-state index in [1.807, 2.05) is 29.8 Å². The van der Waals surface area contributed by atoms with Crippen molar-refractivity contribution in [3.8, 4) is 0 Å². The van der Waals surface area contributed by atoms with Gasteiger partial charge in [0, 0.05) is 62.6 Å². The first-order chi connectivity index (χ1) is 10.8. The normalized spacial score (nSPS) is 20.3. The molecule has 0 bridgehead atoms. The fourth-order valence-corrected chi connectivity index (χ4v) is 3.81. The summed E-state index contributed by atoms with van der Waals surface area (Å²) in [6, 6.07) is 8.86. The van der Waals surface area contributed by atoms with Gasteiger partial charge < -0.3 is 5.11 Å². The molecule has 1 atom stereocenters. The van der Waals surface area contributed by atoms with Crippen LogP contribution in [0.1, 0.15) is 16.9 Å². The van der Waals surface area contributed by atoms with E-state index in [-0.39, 0.29) is 6.61 Å². The summed E-state index contributed by atoms with van der Waals surface area (Å²) in [4.78, 5) is 10.6. The number of nitrogens with zero attached hydrogens (tertiary/aromatic N) is 3. The van der Waals surface area contributed by atoms with E-state index in [0.29, 0.717) is 6.04 Å². The van der Waals surface area contributed by atoms with Crippen LogP contribution in [0.3, 0.4) is 0 Å². The summed E-state index contributed by atoms with van der Waals surface area (Å²) in [5, 5.41) is 11.5. The van der Waals surface area contributed by atoms with Gasteiger partial charge in [-0.1, -0.05) is 12.1 Å². The van der Waals surface area contributed by atoms with E-state index < -0.39 is 0 Å². The number of hydrogen-bond acceptors (Lipinski definition) is 5. The first-order valence-electron chi connectivity index (χ1n) is 7.83. The molecule has 1 saturated heterocycles. The third kappa shape index (κ3) is 4.14. The molecule has 2 aromatic rings. The minimum Gasteiger partial charge on any atom is -0.396 e. The Morgan fingerprint density at radius 3 is 2.91 bits per heavy atom. The molecule has 22 heavy (non-hydrogen) atoms. The van der Waals surface area contributed by atoms with E-state index in [0.717, 1.165) is 39.1 Å². The fourth-order valence-electron chi connectivity index (χ4n) is 3.08. The first-order valence-corrected chi connectivity index (χ1v) is 8.71. The van der Waals surface area contributed by atoms with Gasteiger partial charge in [-0.2, -0.15) is 0 Å². The van der Waals surface area contributed by atoms with Crippen LogP contribution < -0.4 is 0 Å². The van der Waals surface area contributed by atoms with E-state index >= 15 is 0 Å². The van der Waals surface area contributed by atoms with Crippen LogP contribution in [0.4, 0.5) is 0 Å². The molecule has 0 amide bonds. The molecule has 5 heteroatoms. The third-order valence-electron chi connectivity index (χ3n) is 4.22. The molecule has 0 saturated carbocycles. The zero-order valence-corrected chi connectivity index (χ0v) is 13.6. The summed E-state index contributed by atoms with van der Waals surface area (Å²) in [5.74, 6) is 0. The van der Waals surface area contributed by atoms with Gasteiger partial charge in [0.2, 0.25) is 0 Å². The maximum atomic E-state index is 9.39. The maximum absolute atomic E-state index is 9.39. The Morgan fingerprint density at radius 1 is 1.23 bits per heavy atom. The van der Waals surface area contributed by atoms with Crippen LogP contribution in [0.25, 0.3) is 0 Å². The van der Waals surface area contributed by atoms with Crippen molar-refractivity contribution in [3.05, 3.63) is 52.5 Å². The van der Waals surface area contributed by atoms with Crippen molar-refractivity contribution >= 4 is 11.3 Å². The molecule has 0 unspecified atom stereocenters. The van der Waals surface area contributed by atoms with Gasteiger partial charge in [-0.25, -0.2) is 0 Å². The molecule has 0 spiro atoms. The van der Waals surface area contributed by atoms with Crippen LogP contribution >= 0.6 is 11.3 Å². The van der Waals surface area contributed by atoms with Crippen LogP contribution in [0, 0.1) is 0 Å². The van der Waals surface area contributed by atoms with Crippen LogP contribution in [0.15, 0.2) is 42.0 Å². The van der Waals surface area contributed by atoms with E-state index in [1.165, 1.54) is 10.4 Å².